The van der Waals surface area contributed by atoms with Gasteiger partial charge in [-0.1, -0.05) is 17.7 Å². The zero-order valence-corrected chi connectivity index (χ0v) is 15.2. The van der Waals surface area contributed by atoms with Crippen molar-refractivity contribution >= 4 is 56.2 Å². The molecule has 1 aliphatic heterocycles. The maximum Gasteiger partial charge on any atom is 0.267 e. The lowest BCUT2D eigenvalue weighted by Gasteiger charge is -2.16. The van der Waals surface area contributed by atoms with Crippen LogP contribution in [0.3, 0.4) is 0 Å². The Morgan fingerprint density at radius 3 is 2.85 bits per heavy atom. The van der Waals surface area contributed by atoms with E-state index < -0.39 is 0 Å². The largest absolute Gasteiger partial charge is 0.321 e. The normalized spacial score (nSPS) is 14.2. The summed E-state index contributed by atoms with van der Waals surface area (Å²) in [4.78, 5) is 26.6. The highest BCUT2D eigenvalue weighted by atomic mass is 35.5. The van der Waals surface area contributed by atoms with Crippen LogP contribution in [0.1, 0.15) is 22.5 Å². The van der Waals surface area contributed by atoms with Crippen molar-refractivity contribution in [3.63, 3.8) is 0 Å². The monoisotopic (exact) mass is 388 g/mol. The third-order valence-corrected chi connectivity index (χ3v) is 5.94. The van der Waals surface area contributed by atoms with Crippen LogP contribution in [0.4, 0.5) is 15.8 Å². The first kappa shape index (κ1) is 17.0. The van der Waals surface area contributed by atoms with E-state index in [1.807, 2.05) is 6.07 Å². The van der Waals surface area contributed by atoms with E-state index >= 15 is 0 Å². The minimum absolute atomic E-state index is 0.0862. The predicted octanol–water partition coefficient (Wildman–Crippen LogP) is 5.07. The number of rotatable bonds is 3. The average molecular weight is 389 g/mol. The van der Waals surface area contributed by atoms with E-state index in [1.54, 1.807) is 29.2 Å². The summed E-state index contributed by atoms with van der Waals surface area (Å²) in [5.41, 5.74) is 1.33. The Labute approximate surface area is 158 Å². The summed E-state index contributed by atoms with van der Waals surface area (Å²) in [6.07, 6.45) is 1.38. The molecule has 1 N–H and O–H groups in total. The Balaban J connectivity index is 1.61. The number of benzene rings is 2. The lowest BCUT2D eigenvalue weighted by Crippen LogP contribution is -2.23. The van der Waals surface area contributed by atoms with Crippen LogP contribution in [0.15, 0.2) is 42.5 Å². The van der Waals surface area contributed by atoms with Crippen molar-refractivity contribution in [2.75, 3.05) is 16.8 Å². The molecule has 0 saturated carbocycles. The number of carbonyl (C=O) groups excluding carboxylic acids is 2. The Kier molecular flexibility index (Phi) is 4.38. The maximum atomic E-state index is 13.4. The van der Waals surface area contributed by atoms with Crippen LogP contribution in [0.2, 0.25) is 5.02 Å². The molecule has 7 heteroatoms. The van der Waals surface area contributed by atoms with Crippen LogP contribution in [0, 0.1) is 5.82 Å². The van der Waals surface area contributed by atoms with Crippen LogP contribution < -0.4 is 10.2 Å². The van der Waals surface area contributed by atoms with E-state index in [0.29, 0.717) is 38.6 Å². The molecule has 1 saturated heterocycles. The van der Waals surface area contributed by atoms with Crippen LogP contribution >= 0.6 is 22.9 Å². The van der Waals surface area contributed by atoms with Crippen molar-refractivity contribution in [2.24, 2.45) is 0 Å². The van der Waals surface area contributed by atoms with Crippen LogP contribution in [0.25, 0.3) is 10.1 Å². The Hall–Kier alpha value is -2.44. The third kappa shape index (κ3) is 3.06. The minimum Gasteiger partial charge on any atom is -0.321 e. The second kappa shape index (κ2) is 6.70. The standard InChI is InChI=1S/C19H14ClFN2O2S/c20-17-14-7-6-11(21)9-15(14)26-18(17)19(25)22-12-3-1-4-13(10-12)23-8-2-5-16(23)24/h1,3-4,6-7,9-10H,2,5,8H2,(H,22,25). The molecule has 132 valence electrons. The number of fused-ring (bicyclic) bond motifs is 1. The number of halogens is 2. The fraction of sp³-hybridized carbons (Fsp3) is 0.158. The first-order valence-corrected chi connectivity index (χ1v) is 9.32. The van der Waals surface area contributed by atoms with Gasteiger partial charge in [0.05, 0.1) is 5.02 Å². The molecule has 0 aliphatic carbocycles. The second-order valence-electron chi connectivity index (χ2n) is 6.04. The fourth-order valence-electron chi connectivity index (χ4n) is 3.05. The van der Waals surface area contributed by atoms with E-state index in [9.17, 15) is 14.0 Å². The summed E-state index contributed by atoms with van der Waals surface area (Å²) in [6, 6.07) is 11.4. The molecule has 0 bridgehead atoms. The molecule has 4 rings (SSSR count). The molecule has 2 amide bonds. The number of nitrogens with zero attached hydrogens (tertiary/aromatic N) is 1. The van der Waals surface area contributed by atoms with Gasteiger partial charge in [0.15, 0.2) is 0 Å². The van der Waals surface area contributed by atoms with Crippen LogP contribution in [-0.2, 0) is 4.79 Å². The summed E-state index contributed by atoms with van der Waals surface area (Å²) in [5.74, 6) is -0.644. The van der Waals surface area contributed by atoms with Gasteiger partial charge in [-0.2, -0.15) is 0 Å². The number of amides is 2. The second-order valence-corrected chi connectivity index (χ2v) is 7.47. The van der Waals surface area contributed by atoms with Crippen LogP contribution in [-0.4, -0.2) is 18.4 Å². The molecule has 1 fully saturated rings. The van der Waals surface area contributed by atoms with Crippen molar-refractivity contribution in [3.8, 4) is 0 Å². The van der Waals surface area contributed by atoms with E-state index in [4.69, 9.17) is 11.6 Å². The highest BCUT2D eigenvalue weighted by molar-refractivity contribution is 7.21. The minimum atomic E-state index is -0.370. The number of thiophene rings is 1. The third-order valence-electron chi connectivity index (χ3n) is 4.29. The predicted molar refractivity (Wildman–Crippen MR) is 103 cm³/mol. The van der Waals surface area contributed by atoms with Gasteiger partial charge in [-0.3, -0.25) is 9.59 Å². The topological polar surface area (TPSA) is 49.4 Å². The van der Waals surface area contributed by atoms with E-state index in [2.05, 4.69) is 5.32 Å². The maximum absolute atomic E-state index is 13.4. The highest BCUT2D eigenvalue weighted by Crippen LogP contribution is 2.36. The number of carbonyl (C=O) groups is 2. The molecular formula is C19H14ClFN2O2S. The first-order chi connectivity index (χ1) is 12.5. The molecule has 4 nitrogen and oxygen atoms in total. The number of anilines is 2. The number of hydrogen-bond donors (Lipinski definition) is 1. The smallest absolute Gasteiger partial charge is 0.267 e. The zero-order valence-electron chi connectivity index (χ0n) is 13.6. The van der Waals surface area contributed by atoms with E-state index in [0.717, 1.165) is 23.4 Å². The summed E-state index contributed by atoms with van der Waals surface area (Å²) in [7, 11) is 0. The van der Waals surface area contributed by atoms with Crippen LogP contribution in [0.5, 0.6) is 0 Å². The lowest BCUT2D eigenvalue weighted by atomic mass is 10.2. The molecule has 1 aromatic heterocycles. The van der Waals surface area contributed by atoms with Gasteiger partial charge in [0.1, 0.15) is 10.7 Å². The van der Waals surface area contributed by atoms with Gasteiger partial charge in [-0.05, 0) is 42.8 Å². The molecule has 0 spiro atoms. The van der Waals surface area contributed by atoms with Crippen molar-refractivity contribution in [1.29, 1.82) is 0 Å². The zero-order chi connectivity index (χ0) is 18.3. The summed E-state index contributed by atoms with van der Waals surface area (Å²) >= 11 is 7.45. The van der Waals surface area contributed by atoms with E-state index in [-0.39, 0.29) is 17.6 Å². The van der Waals surface area contributed by atoms with Gasteiger partial charge in [-0.15, -0.1) is 11.3 Å². The van der Waals surface area contributed by atoms with Crippen molar-refractivity contribution in [2.45, 2.75) is 12.8 Å². The van der Waals surface area contributed by atoms with Crippen molar-refractivity contribution in [3.05, 3.63) is 58.2 Å². The summed E-state index contributed by atoms with van der Waals surface area (Å²) < 4.78 is 14.0. The fourth-order valence-corrected chi connectivity index (χ4v) is 4.48. The molecule has 1 aliphatic rings. The molecule has 0 unspecified atom stereocenters. The molecule has 2 aromatic carbocycles. The lowest BCUT2D eigenvalue weighted by molar-refractivity contribution is -0.117. The Morgan fingerprint density at radius 1 is 1.23 bits per heavy atom. The molecule has 2 heterocycles. The van der Waals surface area contributed by atoms with Crippen molar-refractivity contribution < 1.29 is 14.0 Å². The quantitative estimate of drug-likeness (QED) is 0.680. The molecule has 0 atom stereocenters. The van der Waals surface area contributed by atoms with Gasteiger partial charge in [0, 0.05) is 34.4 Å². The summed E-state index contributed by atoms with van der Waals surface area (Å²) in [5, 5.41) is 3.77. The molecule has 0 radical (unpaired) electrons. The molecule has 3 aromatic rings. The van der Waals surface area contributed by atoms with Gasteiger partial charge in [-0.25, -0.2) is 4.39 Å². The van der Waals surface area contributed by atoms with Gasteiger partial charge in [0.2, 0.25) is 5.91 Å². The van der Waals surface area contributed by atoms with Gasteiger partial charge in [0.25, 0.3) is 5.91 Å². The van der Waals surface area contributed by atoms with Crippen molar-refractivity contribution in [1.82, 2.24) is 0 Å². The highest BCUT2D eigenvalue weighted by Gasteiger charge is 2.22. The number of hydrogen-bond acceptors (Lipinski definition) is 3. The number of nitrogens with one attached hydrogen (secondary N) is 1. The SMILES string of the molecule is O=C(Nc1cccc(N2CCCC2=O)c1)c1sc2cc(F)ccc2c1Cl. The molecule has 26 heavy (non-hydrogen) atoms. The van der Waals surface area contributed by atoms with E-state index in [1.165, 1.54) is 12.1 Å². The first-order valence-electron chi connectivity index (χ1n) is 8.12. The Morgan fingerprint density at radius 2 is 2.08 bits per heavy atom. The summed E-state index contributed by atoms with van der Waals surface area (Å²) in [6.45, 7) is 0.684. The van der Waals surface area contributed by atoms with Gasteiger partial charge >= 0.3 is 0 Å². The Bertz CT molecular complexity index is 1030. The van der Waals surface area contributed by atoms with Gasteiger partial charge < -0.3 is 10.2 Å². The average Bonchev–Trinajstić information content (AvgIpc) is 3.18. The molecular weight excluding hydrogens is 375 g/mol.